The van der Waals surface area contributed by atoms with Crippen molar-refractivity contribution in [2.75, 3.05) is 0 Å². The zero-order chi connectivity index (χ0) is 19.8. The zero-order valence-corrected chi connectivity index (χ0v) is 16.9. The van der Waals surface area contributed by atoms with E-state index in [1.54, 1.807) is 0 Å². The van der Waals surface area contributed by atoms with Crippen molar-refractivity contribution in [3.05, 3.63) is 144 Å². The summed E-state index contributed by atoms with van der Waals surface area (Å²) in [6.45, 7) is 0. The molecule has 0 saturated heterocycles. The third-order valence-electron chi connectivity index (χ3n) is 8.44. The zero-order valence-electron chi connectivity index (χ0n) is 16.9. The standard InChI is InChI=1S/C30H24/c1-5-13-21(14-6-1)29(22-15-7-2-8-16-22)25-26(29)28-27(25)30(28,23-17-9-3-10-18-23)24-19-11-4-12-20-24/h1-20,25-28H. The van der Waals surface area contributed by atoms with Gasteiger partial charge in [-0.25, -0.2) is 0 Å². The number of hydrogen-bond acceptors (Lipinski definition) is 0. The van der Waals surface area contributed by atoms with E-state index in [2.05, 4.69) is 121 Å². The highest BCUT2D eigenvalue weighted by atomic mass is 15.0. The molecular formula is C30H24. The van der Waals surface area contributed by atoms with Crippen molar-refractivity contribution in [3.63, 3.8) is 0 Å². The number of benzene rings is 4. The fraction of sp³-hybridized carbons (Fsp3) is 0.200. The minimum absolute atomic E-state index is 0.199. The van der Waals surface area contributed by atoms with Crippen LogP contribution >= 0.6 is 0 Å². The predicted octanol–water partition coefficient (Wildman–Crippen LogP) is 6.46. The van der Waals surface area contributed by atoms with Crippen LogP contribution in [0.4, 0.5) is 0 Å². The molecule has 0 bridgehead atoms. The molecule has 3 aliphatic rings. The van der Waals surface area contributed by atoms with Gasteiger partial charge in [-0.3, -0.25) is 0 Å². The summed E-state index contributed by atoms with van der Waals surface area (Å²) < 4.78 is 0. The lowest BCUT2D eigenvalue weighted by atomic mass is 9.78. The molecule has 0 N–H and O–H groups in total. The third-order valence-corrected chi connectivity index (χ3v) is 8.44. The SMILES string of the molecule is c1ccc(C2(c3ccccc3)C3C2C2C3C2(c2ccccc2)c2ccccc2)cc1. The van der Waals surface area contributed by atoms with Crippen LogP contribution in [0.15, 0.2) is 121 Å². The van der Waals surface area contributed by atoms with Crippen molar-refractivity contribution in [2.24, 2.45) is 23.7 Å². The highest BCUT2D eigenvalue weighted by Gasteiger charge is 2.94. The molecule has 144 valence electrons. The van der Waals surface area contributed by atoms with E-state index in [-0.39, 0.29) is 10.8 Å². The average molecular weight is 385 g/mol. The first kappa shape index (κ1) is 16.7. The fourth-order valence-electron chi connectivity index (χ4n) is 7.49. The van der Waals surface area contributed by atoms with Crippen molar-refractivity contribution in [3.8, 4) is 0 Å². The second-order valence-corrected chi connectivity index (χ2v) is 9.31. The van der Waals surface area contributed by atoms with Gasteiger partial charge < -0.3 is 0 Å². The van der Waals surface area contributed by atoms with Gasteiger partial charge in [-0.2, -0.15) is 0 Å². The number of rotatable bonds is 4. The number of hydrogen-bond donors (Lipinski definition) is 0. The molecule has 7 rings (SSSR count). The molecule has 0 atom stereocenters. The van der Waals surface area contributed by atoms with Crippen molar-refractivity contribution < 1.29 is 0 Å². The Hall–Kier alpha value is -3.12. The van der Waals surface area contributed by atoms with Gasteiger partial charge in [-0.1, -0.05) is 121 Å². The monoisotopic (exact) mass is 384 g/mol. The summed E-state index contributed by atoms with van der Waals surface area (Å²) in [7, 11) is 0. The summed E-state index contributed by atoms with van der Waals surface area (Å²) in [6, 6.07) is 45.2. The van der Waals surface area contributed by atoms with E-state index in [1.807, 2.05) is 0 Å². The summed E-state index contributed by atoms with van der Waals surface area (Å²) in [6.07, 6.45) is 0. The normalized spacial score (nSPS) is 28.5. The van der Waals surface area contributed by atoms with Crippen LogP contribution in [0, 0.1) is 23.7 Å². The first-order chi connectivity index (χ1) is 14.9. The summed E-state index contributed by atoms with van der Waals surface area (Å²) in [4.78, 5) is 0. The maximum Gasteiger partial charge on any atom is 0.0271 e. The molecule has 0 heteroatoms. The van der Waals surface area contributed by atoms with Gasteiger partial charge in [0.2, 0.25) is 0 Å². The van der Waals surface area contributed by atoms with Gasteiger partial charge in [0.1, 0.15) is 0 Å². The lowest BCUT2D eigenvalue weighted by Crippen LogP contribution is -2.20. The molecule has 0 radical (unpaired) electrons. The largest absolute Gasteiger partial charge is 0.0622 e. The van der Waals surface area contributed by atoms with Gasteiger partial charge in [-0.15, -0.1) is 0 Å². The molecule has 0 amide bonds. The van der Waals surface area contributed by atoms with Gasteiger partial charge >= 0.3 is 0 Å². The van der Waals surface area contributed by atoms with E-state index in [4.69, 9.17) is 0 Å². The van der Waals surface area contributed by atoms with E-state index in [9.17, 15) is 0 Å². The van der Waals surface area contributed by atoms with E-state index < -0.39 is 0 Å². The maximum atomic E-state index is 2.36. The topological polar surface area (TPSA) is 0 Å². The van der Waals surface area contributed by atoms with Crippen molar-refractivity contribution in [2.45, 2.75) is 10.8 Å². The molecule has 0 aromatic heterocycles. The molecule has 0 nitrogen and oxygen atoms in total. The minimum atomic E-state index is 0.199. The summed E-state index contributed by atoms with van der Waals surface area (Å²) >= 11 is 0. The average Bonchev–Trinajstić information content (AvgIpc) is 3.64. The quantitative estimate of drug-likeness (QED) is 0.378. The highest BCUT2D eigenvalue weighted by Crippen LogP contribution is 2.94. The molecule has 0 aliphatic heterocycles. The fourth-order valence-corrected chi connectivity index (χ4v) is 7.49. The van der Waals surface area contributed by atoms with Crippen LogP contribution in [0.25, 0.3) is 0 Å². The minimum Gasteiger partial charge on any atom is -0.0622 e. The molecule has 0 spiro atoms. The molecule has 30 heavy (non-hydrogen) atoms. The van der Waals surface area contributed by atoms with Crippen LogP contribution in [0.5, 0.6) is 0 Å². The maximum absolute atomic E-state index is 2.36. The second kappa shape index (κ2) is 5.73. The molecule has 3 aliphatic carbocycles. The third kappa shape index (κ3) is 1.80. The van der Waals surface area contributed by atoms with Crippen LogP contribution in [0.3, 0.4) is 0 Å². The Balaban J connectivity index is 1.38. The summed E-state index contributed by atoms with van der Waals surface area (Å²) in [5, 5.41) is 0. The smallest absolute Gasteiger partial charge is 0.0271 e. The second-order valence-electron chi connectivity index (χ2n) is 9.31. The molecule has 3 saturated carbocycles. The van der Waals surface area contributed by atoms with Crippen LogP contribution < -0.4 is 0 Å². The van der Waals surface area contributed by atoms with Crippen molar-refractivity contribution in [1.29, 1.82) is 0 Å². The summed E-state index contributed by atoms with van der Waals surface area (Å²) in [5.74, 6) is 2.92. The van der Waals surface area contributed by atoms with E-state index in [0.29, 0.717) is 0 Å². The lowest BCUT2D eigenvalue weighted by Gasteiger charge is -2.24. The van der Waals surface area contributed by atoms with Gasteiger partial charge in [0.25, 0.3) is 0 Å². The molecule has 4 aromatic carbocycles. The first-order valence-electron chi connectivity index (χ1n) is 11.1. The Kier molecular flexibility index (Phi) is 3.18. The van der Waals surface area contributed by atoms with Crippen LogP contribution in [0.1, 0.15) is 22.3 Å². The predicted molar refractivity (Wildman–Crippen MR) is 121 cm³/mol. The lowest BCUT2D eigenvalue weighted by molar-refractivity contribution is 0.434. The molecule has 0 heterocycles. The van der Waals surface area contributed by atoms with Gasteiger partial charge in [0.15, 0.2) is 0 Å². The number of fused-ring (bicyclic) bond motifs is 4. The van der Waals surface area contributed by atoms with Crippen LogP contribution in [0.2, 0.25) is 0 Å². The molecule has 0 unspecified atom stereocenters. The van der Waals surface area contributed by atoms with Gasteiger partial charge in [0.05, 0.1) is 0 Å². The van der Waals surface area contributed by atoms with Crippen LogP contribution in [-0.4, -0.2) is 0 Å². The Morgan fingerprint density at radius 1 is 0.300 bits per heavy atom. The first-order valence-corrected chi connectivity index (χ1v) is 11.1. The van der Waals surface area contributed by atoms with E-state index in [1.165, 1.54) is 22.3 Å². The Labute approximate surface area is 178 Å². The van der Waals surface area contributed by atoms with Crippen molar-refractivity contribution >= 4 is 0 Å². The van der Waals surface area contributed by atoms with E-state index in [0.717, 1.165) is 23.7 Å². The molecular weight excluding hydrogens is 360 g/mol. The Bertz CT molecular complexity index is 988. The van der Waals surface area contributed by atoms with Crippen molar-refractivity contribution in [1.82, 2.24) is 0 Å². The summed E-state index contributed by atoms with van der Waals surface area (Å²) in [5.41, 5.74) is 6.43. The van der Waals surface area contributed by atoms with Crippen LogP contribution in [-0.2, 0) is 10.8 Å². The molecule has 4 aromatic rings. The highest BCUT2D eigenvalue weighted by molar-refractivity contribution is 5.65. The van der Waals surface area contributed by atoms with Gasteiger partial charge in [0, 0.05) is 10.8 Å². The van der Waals surface area contributed by atoms with Gasteiger partial charge in [-0.05, 0) is 45.9 Å². The van der Waals surface area contributed by atoms with E-state index >= 15 is 0 Å². The Morgan fingerprint density at radius 3 is 0.700 bits per heavy atom. The Morgan fingerprint density at radius 2 is 0.500 bits per heavy atom. The molecule has 3 fully saturated rings.